The van der Waals surface area contributed by atoms with Crippen molar-refractivity contribution in [2.75, 3.05) is 12.9 Å². The van der Waals surface area contributed by atoms with Gasteiger partial charge in [-0.25, -0.2) is 0 Å². The van der Waals surface area contributed by atoms with Crippen molar-refractivity contribution < 1.29 is 12.6 Å². The van der Waals surface area contributed by atoms with Crippen molar-refractivity contribution >= 4 is 10.1 Å². The average molecular weight is 367 g/mol. The second-order valence-corrected chi connectivity index (χ2v) is 11.3. The van der Waals surface area contributed by atoms with Crippen LogP contribution in [0.25, 0.3) is 0 Å². The molecule has 3 nitrogen and oxygen atoms in total. The molecule has 3 rings (SSSR count). The summed E-state index contributed by atoms with van der Waals surface area (Å²) < 4.78 is 28.4. The van der Waals surface area contributed by atoms with E-state index in [4.69, 9.17) is 4.18 Å². The summed E-state index contributed by atoms with van der Waals surface area (Å²) in [4.78, 5) is 0. The molecule has 0 N–H and O–H groups in total. The van der Waals surface area contributed by atoms with Gasteiger partial charge in [0.2, 0.25) is 0 Å². The number of hydrogen-bond acceptors (Lipinski definition) is 3. The Morgan fingerprint density at radius 1 is 1.28 bits per heavy atom. The molecule has 25 heavy (non-hydrogen) atoms. The highest BCUT2D eigenvalue weighted by atomic mass is 32.2. The Hall–Kier alpha value is -0.610. The minimum absolute atomic E-state index is 0.0545. The van der Waals surface area contributed by atoms with Crippen molar-refractivity contribution in [2.24, 2.45) is 28.1 Å². The van der Waals surface area contributed by atoms with Gasteiger partial charge in [-0.2, -0.15) is 8.42 Å². The predicted molar refractivity (Wildman–Crippen MR) is 103 cm³/mol. The Morgan fingerprint density at radius 3 is 2.64 bits per heavy atom. The normalized spacial score (nSPS) is 44.4. The van der Waals surface area contributed by atoms with Gasteiger partial charge in [0.25, 0.3) is 10.1 Å². The van der Waals surface area contributed by atoms with Gasteiger partial charge >= 0.3 is 0 Å². The monoisotopic (exact) mass is 366 g/mol. The zero-order valence-electron chi connectivity index (χ0n) is 16.3. The first-order valence-electron chi connectivity index (χ1n) is 9.70. The van der Waals surface area contributed by atoms with Crippen LogP contribution in [0.2, 0.25) is 0 Å². The third kappa shape index (κ3) is 3.49. The molecule has 2 saturated carbocycles. The summed E-state index contributed by atoms with van der Waals surface area (Å²) in [6.07, 6.45) is 13.9. The van der Waals surface area contributed by atoms with E-state index >= 15 is 0 Å². The Balaban J connectivity index is 1.89. The first-order valence-corrected chi connectivity index (χ1v) is 11.5. The zero-order valence-corrected chi connectivity index (χ0v) is 17.1. The summed E-state index contributed by atoms with van der Waals surface area (Å²) in [7, 11) is -3.39. The molecule has 0 unspecified atom stereocenters. The lowest BCUT2D eigenvalue weighted by molar-refractivity contribution is -0.0489. The highest BCUT2D eigenvalue weighted by Crippen LogP contribution is 2.63. The Morgan fingerprint density at radius 2 is 2.00 bits per heavy atom. The van der Waals surface area contributed by atoms with Crippen LogP contribution in [0, 0.1) is 28.1 Å². The fourth-order valence-corrected chi connectivity index (χ4v) is 6.64. The largest absolute Gasteiger partial charge is 0.270 e. The van der Waals surface area contributed by atoms with Crippen LogP contribution < -0.4 is 0 Å². The molecule has 142 valence electrons. The van der Waals surface area contributed by atoms with Crippen LogP contribution in [0.3, 0.4) is 0 Å². The summed E-state index contributed by atoms with van der Waals surface area (Å²) in [5.74, 6) is 1.17. The van der Waals surface area contributed by atoms with Crippen LogP contribution in [-0.2, 0) is 14.3 Å². The number of rotatable bonds is 4. The maximum absolute atomic E-state index is 11.5. The second kappa shape index (κ2) is 6.23. The molecule has 3 aliphatic carbocycles. The topological polar surface area (TPSA) is 43.4 Å². The van der Waals surface area contributed by atoms with Gasteiger partial charge in [-0.15, -0.1) is 6.58 Å². The molecule has 0 aliphatic heterocycles. The maximum atomic E-state index is 11.5. The number of allylic oxidation sites excluding steroid dienone is 3. The molecule has 0 amide bonds. The van der Waals surface area contributed by atoms with Gasteiger partial charge in [-0.1, -0.05) is 44.9 Å². The van der Waals surface area contributed by atoms with Crippen LogP contribution in [0.1, 0.15) is 65.7 Å². The summed E-state index contributed by atoms with van der Waals surface area (Å²) in [6.45, 7) is 11.4. The van der Waals surface area contributed by atoms with Crippen molar-refractivity contribution in [3.8, 4) is 0 Å². The smallest absolute Gasteiger partial charge is 0.264 e. The molecule has 0 heterocycles. The van der Waals surface area contributed by atoms with Gasteiger partial charge in [0, 0.05) is 0 Å². The van der Waals surface area contributed by atoms with Crippen LogP contribution in [0.15, 0.2) is 24.3 Å². The predicted octanol–water partition coefficient (Wildman–Crippen LogP) is 5.10. The SMILES string of the molecule is C=C[C@@]1(C)CC=C2[C@@H](CC[C@@H]3[C@](C)(COS(C)(=O)=O)CCC[C@@]23C)C1. The lowest BCUT2D eigenvalue weighted by Gasteiger charge is -2.59. The van der Waals surface area contributed by atoms with Gasteiger partial charge in [0.1, 0.15) is 0 Å². The lowest BCUT2D eigenvalue weighted by Crippen LogP contribution is -2.51. The minimum Gasteiger partial charge on any atom is -0.270 e. The van der Waals surface area contributed by atoms with Crippen molar-refractivity contribution in [2.45, 2.75) is 65.7 Å². The van der Waals surface area contributed by atoms with E-state index in [9.17, 15) is 8.42 Å². The second-order valence-electron chi connectivity index (χ2n) is 9.64. The summed E-state index contributed by atoms with van der Waals surface area (Å²) >= 11 is 0. The Kier molecular flexibility index (Phi) is 4.77. The molecule has 2 fully saturated rings. The van der Waals surface area contributed by atoms with Gasteiger partial charge < -0.3 is 0 Å². The maximum Gasteiger partial charge on any atom is 0.264 e. The third-order valence-corrected chi connectivity index (χ3v) is 8.10. The van der Waals surface area contributed by atoms with Gasteiger partial charge in [-0.05, 0) is 66.6 Å². The van der Waals surface area contributed by atoms with E-state index in [1.54, 1.807) is 5.57 Å². The highest BCUT2D eigenvalue weighted by Gasteiger charge is 2.55. The number of fused-ring (bicyclic) bond motifs is 3. The van der Waals surface area contributed by atoms with Gasteiger partial charge in [0.15, 0.2) is 0 Å². The van der Waals surface area contributed by atoms with E-state index in [0.29, 0.717) is 18.4 Å². The van der Waals surface area contributed by atoms with Crippen molar-refractivity contribution in [3.05, 3.63) is 24.3 Å². The van der Waals surface area contributed by atoms with Crippen molar-refractivity contribution in [3.63, 3.8) is 0 Å². The fraction of sp³-hybridized carbons (Fsp3) is 0.810. The molecular weight excluding hydrogens is 332 g/mol. The Labute approximate surface area is 154 Å². The van der Waals surface area contributed by atoms with Crippen molar-refractivity contribution in [1.29, 1.82) is 0 Å². The van der Waals surface area contributed by atoms with Crippen LogP contribution >= 0.6 is 0 Å². The molecule has 5 atom stereocenters. The third-order valence-electron chi connectivity index (χ3n) is 7.55. The molecule has 0 spiro atoms. The molecule has 0 radical (unpaired) electrons. The van der Waals surface area contributed by atoms with E-state index in [1.807, 2.05) is 0 Å². The minimum atomic E-state index is -3.39. The first-order chi connectivity index (χ1) is 11.5. The molecular formula is C21H34O3S. The van der Waals surface area contributed by atoms with E-state index in [1.165, 1.54) is 25.7 Å². The van der Waals surface area contributed by atoms with Crippen LogP contribution in [-0.4, -0.2) is 21.3 Å². The van der Waals surface area contributed by atoms with Gasteiger partial charge in [-0.3, -0.25) is 4.18 Å². The molecule has 0 saturated heterocycles. The van der Waals surface area contributed by atoms with E-state index < -0.39 is 10.1 Å². The van der Waals surface area contributed by atoms with Crippen molar-refractivity contribution in [1.82, 2.24) is 0 Å². The molecule has 3 aliphatic rings. The molecule has 0 bridgehead atoms. The lowest BCUT2D eigenvalue weighted by atomic mass is 9.46. The molecule has 0 aromatic carbocycles. The molecule has 0 aromatic rings. The zero-order chi connectivity index (χ0) is 18.5. The highest BCUT2D eigenvalue weighted by molar-refractivity contribution is 7.85. The summed E-state index contributed by atoms with van der Waals surface area (Å²) in [5, 5.41) is 0. The standard InChI is InChI=1S/C21H34O3S/c1-6-19(2)13-10-17-16(14-19)8-9-18-20(3,15-24-25(5,22)23)11-7-12-21(17,18)4/h6,10,16,18H,1,7-9,11-15H2,2-5H3/t16-,18+,19-,20-,21-/m0/s1. The van der Waals surface area contributed by atoms with E-state index in [-0.39, 0.29) is 16.2 Å². The van der Waals surface area contributed by atoms with E-state index in [0.717, 1.165) is 25.5 Å². The van der Waals surface area contributed by atoms with E-state index in [2.05, 4.69) is 39.5 Å². The summed E-state index contributed by atoms with van der Waals surface area (Å²) in [5.41, 5.74) is 2.02. The van der Waals surface area contributed by atoms with Crippen LogP contribution in [0.4, 0.5) is 0 Å². The van der Waals surface area contributed by atoms with Crippen LogP contribution in [0.5, 0.6) is 0 Å². The fourth-order valence-electron chi connectivity index (χ4n) is 6.16. The molecule has 0 aromatic heterocycles. The first kappa shape index (κ1) is 19.2. The van der Waals surface area contributed by atoms with Gasteiger partial charge in [0.05, 0.1) is 12.9 Å². The molecule has 4 heteroatoms. The average Bonchev–Trinajstić information content (AvgIpc) is 2.52. The Bertz CT molecular complexity index is 679. The quantitative estimate of drug-likeness (QED) is 0.514. The number of hydrogen-bond donors (Lipinski definition) is 0. The summed E-state index contributed by atoms with van der Waals surface area (Å²) in [6, 6.07) is 0.